The van der Waals surface area contributed by atoms with E-state index < -0.39 is 0 Å². The van der Waals surface area contributed by atoms with E-state index in [1.165, 1.54) is 0 Å². The molecule has 0 bridgehead atoms. The van der Waals surface area contributed by atoms with Crippen LogP contribution in [0.2, 0.25) is 0 Å². The van der Waals surface area contributed by atoms with Gasteiger partial charge in [-0.3, -0.25) is 0 Å². The van der Waals surface area contributed by atoms with E-state index in [1.54, 1.807) is 12.4 Å². The monoisotopic (exact) mass is 151 g/mol. The van der Waals surface area contributed by atoms with Gasteiger partial charge in [0.25, 0.3) is 0 Å². The summed E-state index contributed by atoms with van der Waals surface area (Å²) >= 11 is 0. The molecule has 11 heavy (non-hydrogen) atoms. The Kier molecular flexibility index (Phi) is 2.54. The zero-order chi connectivity index (χ0) is 8.27. The fourth-order valence-electron chi connectivity index (χ4n) is 0.782. The Labute approximate surface area is 66.7 Å². The van der Waals surface area contributed by atoms with Crippen molar-refractivity contribution in [1.29, 1.82) is 0 Å². The smallest absolute Gasteiger partial charge is 0.127 e. The number of aryl methyl sites for hydroxylation is 1. The topological polar surface area (TPSA) is 51.8 Å². The molecule has 0 aliphatic heterocycles. The molecule has 2 N–H and O–H groups in total. The van der Waals surface area contributed by atoms with E-state index in [9.17, 15) is 0 Å². The Morgan fingerprint density at radius 2 is 2.00 bits per heavy atom. The Morgan fingerprint density at radius 1 is 1.45 bits per heavy atom. The fraction of sp³-hybridized carbons (Fsp3) is 0.500. The minimum atomic E-state index is 0.0286. The van der Waals surface area contributed by atoms with Gasteiger partial charge in [-0.25, -0.2) is 9.97 Å². The molecule has 3 nitrogen and oxygen atoms in total. The van der Waals surface area contributed by atoms with Crippen LogP contribution in [0.25, 0.3) is 0 Å². The van der Waals surface area contributed by atoms with E-state index in [2.05, 4.69) is 9.97 Å². The van der Waals surface area contributed by atoms with Crippen molar-refractivity contribution in [2.24, 2.45) is 5.73 Å². The molecule has 0 fully saturated rings. The van der Waals surface area contributed by atoms with Gasteiger partial charge in [-0.15, -0.1) is 0 Å². The van der Waals surface area contributed by atoms with Gasteiger partial charge in [0.1, 0.15) is 5.82 Å². The van der Waals surface area contributed by atoms with Crippen LogP contribution in [0.1, 0.15) is 31.3 Å². The first-order valence-corrected chi connectivity index (χ1v) is 3.80. The highest BCUT2D eigenvalue weighted by Crippen LogP contribution is 2.05. The summed E-state index contributed by atoms with van der Waals surface area (Å²) in [6.07, 6.45) is 4.45. The second kappa shape index (κ2) is 3.44. The maximum atomic E-state index is 5.63. The van der Waals surface area contributed by atoms with Gasteiger partial charge in [0, 0.05) is 30.4 Å². The number of nitrogens with zero attached hydrogens (tertiary/aromatic N) is 2. The van der Waals surface area contributed by atoms with E-state index >= 15 is 0 Å². The van der Waals surface area contributed by atoms with Crippen molar-refractivity contribution in [3.63, 3.8) is 0 Å². The highest BCUT2D eigenvalue weighted by atomic mass is 14.9. The van der Waals surface area contributed by atoms with Crippen molar-refractivity contribution in [3.05, 3.63) is 23.8 Å². The molecule has 3 heteroatoms. The Hall–Kier alpha value is -0.960. The van der Waals surface area contributed by atoms with Gasteiger partial charge in [-0.2, -0.15) is 0 Å². The lowest BCUT2D eigenvalue weighted by Gasteiger charge is -2.03. The largest absolute Gasteiger partial charge is 0.324 e. The lowest BCUT2D eigenvalue weighted by molar-refractivity contribution is 0.789. The molecule has 0 aromatic carbocycles. The molecule has 0 radical (unpaired) electrons. The van der Waals surface area contributed by atoms with E-state index in [0.717, 1.165) is 17.8 Å². The van der Waals surface area contributed by atoms with E-state index in [0.29, 0.717) is 0 Å². The van der Waals surface area contributed by atoms with Crippen LogP contribution in [-0.4, -0.2) is 9.97 Å². The third-order valence-electron chi connectivity index (χ3n) is 1.57. The predicted molar refractivity (Wildman–Crippen MR) is 44.0 cm³/mol. The Balaban J connectivity index is 2.83. The molecule has 0 aliphatic rings. The first-order chi connectivity index (χ1) is 5.24. The molecule has 0 spiro atoms. The summed E-state index contributed by atoms with van der Waals surface area (Å²) in [4.78, 5) is 8.25. The number of hydrogen-bond donors (Lipinski definition) is 1. The van der Waals surface area contributed by atoms with Crippen LogP contribution in [0, 0.1) is 0 Å². The molecule has 1 heterocycles. The highest BCUT2D eigenvalue weighted by molar-refractivity contribution is 5.08. The van der Waals surface area contributed by atoms with Gasteiger partial charge in [0.2, 0.25) is 0 Å². The number of hydrogen-bond acceptors (Lipinski definition) is 3. The average Bonchev–Trinajstić information content (AvgIpc) is 2.05. The molecular formula is C8H13N3. The summed E-state index contributed by atoms with van der Waals surface area (Å²) in [5.74, 6) is 0.870. The molecule has 1 rings (SSSR count). The third-order valence-corrected chi connectivity index (χ3v) is 1.57. The average molecular weight is 151 g/mol. The van der Waals surface area contributed by atoms with E-state index in [1.807, 2.05) is 13.8 Å². The lowest BCUT2D eigenvalue weighted by Crippen LogP contribution is -2.06. The minimum Gasteiger partial charge on any atom is -0.324 e. The SMILES string of the molecule is CCc1ncc(C(C)N)cn1. The first kappa shape index (κ1) is 8.14. The maximum Gasteiger partial charge on any atom is 0.127 e. The lowest BCUT2D eigenvalue weighted by atomic mass is 10.2. The second-order valence-electron chi connectivity index (χ2n) is 2.57. The second-order valence-corrected chi connectivity index (χ2v) is 2.57. The number of nitrogens with two attached hydrogens (primary N) is 1. The molecule has 0 amide bonds. The van der Waals surface area contributed by atoms with Crippen molar-refractivity contribution >= 4 is 0 Å². The van der Waals surface area contributed by atoms with Crippen molar-refractivity contribution in [2.45, 2.75) is 26.3 Å². The van der Waals surface area contributed by atoms with Gasteiger partial charge < -0.3 is 5.73 Å². The first-order valence-electron chi connectivity index (χ1n) is 3.80. The van der Waals surface area contributed by atoms with Gasteiger partial charge in [-0.05, 0) is 6.92 Å². The van der Waals surface area contributed by atoms with Crippen LogP contribution in [0.3, 0.4) is 0 Å². The molecular weight excluding hydrogens is 138 g/mol. The Bertz CT molecular complexity index is 215. The highest BCUT2D eigenvalue weighted by Gasteiger charge is 1.99. The normalized spacial score (nSPS) is 13.0. The van der Waals surface area contributed by atoms with Crippen LogP contribution >= 0.6 is 0 Å². The van der Waals surface area contributed by atoms with Gasteiger partial charge in [0.15, 0.2) is 0 Å². The van der Waals surface area contributed by atoms with Crippen LogP contribution in [0.4, 0.5) is 0 Å². The number of aromatic nitrogens is 2. The minimum absolute atomic E-state index is 0.0286. The van der Waals surface area contributed by atoms with Crippen LogP contribution in [0.5, 0.6) is 0 Å². The summed E-state index contributed by atoms with van der Waals surface area (Å²) in [5, 5.41) is 0. The van der Waals surface area contributed by atoms with Crippen LogP contribution in [-0.2, 0) is 6.42 Å². The van der Waals surface area contributed by atoms with Crippen LogP contribution in [0.15, 0.2) is 12.4 Å². The summed E-state index contributed by atoms with van der Waals surface area (Å²) in [6, 6.07) is 0.0286. The van der Waals surface area contributed by atoms with E-state index in [4.69, 9.17) is 5.73 Å². The standard InChI is InChI=1S/C8H13N3/c1-3-8-10-4-7(5-11-8)6(2)9/h4-6H,3,9H2,1-2H3. The summed E-state index contributed by atoms with van der Waals surface area (Å²) in [6.45, 7) is 3.95. The molecule has 1 aromatic heterocycles. The molecule has 1 atom stereocenters. The molecule has 0 saturated carbocycles. The zero-order valence-electron chi connectivity index (χ0n) is 6.91. The van der Waals surface area contributed by atoms with Crippen molar-refractivity contribution < 1.29 is 0 Å². The molecule has 0 saturated heterocycles. The predicted octanol–water partition coefficient (Wildman–Crippen LogP) is 1.06. The molecule has 60 valence electrons. The quantitative estimate of drug-likeness (QED) is 0.687. The van der Waals surface area contributed by atoms with Gasteiger partial charge >= 0.3 is 0 Å². The van der Waals surface area contributed by atoms with Gasteiger partial charge in [-0.1, -0.05) is 6.92 Å². The summed E-state index contributed by atoms with van der Waals surface area (Å²) in [5.41, 5.74) is 6.61. The molecule has 1 unspecified atom stereocenters. The Morgan fingerprint density at radius 3 is 2.36 bits per heavy atom. The van der Waals surface area contributed by atoms with Crippen molar-refractivity contribution in [1.82, 2.24) is 9.97 Å². The zero-order valence-corrected chi connectivity index (χ0v) is 6.91. The van der Waals surface area contributed by atoms with Crippen LogP contribution < -0.4 is 5.73 Å². The fourth-order valence-corrected chi connectivity index (χ4v) is 0.782. The summed E-state index contributed by atoms with van der Waals surface area (Å²) in [7, 11) is 0. The van der Waals surface area contributed by atoms with Crippen molar-refractivity contribution in [2.75, 3.05) is 0 Å². The number of rotatable bonds is 2. The molecule has 1 aromatic rings. The maximum absolute atomic E-state index is 5.63. The molecule has 0 aliphatic carbocycles. The van der Waals surface area contributed by atoms with E-state index in [-0.39, 0.29) is 6.04 Å². The summed E-state index contributed by atoms with van der Waals surface area (Å²) < 4.78 is 0. The third kappa shape index (κ3) is 1.98. The van der Waals surface area contributed by atoms with Crippen molar-refractivity contribution in [3.8, 4) is 0 Å². The van der Waals surface area contributed by atoms with Gasteiger partial charge in [0.05, 0.1) is 0 Å².